The molecule has 0 spiro atoms. The molecule has 0 aliphatic heterocycles. The lowest BCUT2D eigenvalue weighted by Crippen LogP contribution is -2.29. The topological polar surface area (TPSA) is 140 Å². The third-order valence-electron chi connectivity index (χ3n) is 7.80. The van der Waals surface area contributed by atoms with Crippen LogP contribution in [0.5, 0.6) is 0 Å². The first-order valence-electron chi connectivity index (χ1n) is 19.0. The van der Waals surface area contributed by atoms with Crippen LogP contribution in [0.2, 0.25) is 0 Å². The van der Waals surface area contributed by atoms with Crippen molar-refractivity contribution in [1.29, 1.82) is 0 Å². The van der Waals surface area contributed by atoms with Crippen molar-refractivity contribution < 1.29 is 43.0 Å². The summed E-state index contributed by atoms with van der Waals surface area (Å²) in [6, 6.07) is 0. The van der Waals surface area contributed by atoms with Crippen LogP contribution in [0.4, 0.5) is 0 Å². The lowest BCUT2D eigenvalue weighted by molar-refractivity contribution is -0.161. The zero-order valence-corrected chi connectivity index (χ0v) is 32.2. The number of carbonyl (C=O) groups is 2. The quantitative estimate of drug-likeness (QED) is 0.0198. The van der Waals surface area contributed by atoms with E-state index in [0.717, 1.165) is 44.4 Å². The minimum absolute atomic E-state index is 0.169. The van der Waals surface area contributed by atoms with Crippen LogP contribution in [0.25, 0.3) is 0 Å². The average Bonchev–Trinajstić information content (AvgIpc) is 3.06. The van der Waals surface area contributed by atoms with Crippen molar-refractivity contribution in [3.8, 4) is 0 Å². The highest BCUT2D eigenvalue weighted by molar-refractivity contribution is 7.46. The highest BCUT2D eigenvalue weighted by Crippen LogP contribution is 2.36. The molecule has 0 saturated carbocycles. The Balaban J connectivity index is 4.11. The van der Waals surface area contributed by atoms with Gasteiger partial charge in [0.2, 0.25) is 0 Å². The highest BCUT2D eigenvalue weighted by atomic mass is 31.2. The van der Waals surface area contributed by atoms with E-state index < -0.39 is 38.6 Å². The van der Waals surface area contributed by atoms with E-state index in [1.807, 2.05) is 55.5 Å². The van der Waals surface area contributed by atoms with Crippen LogP contribution in [0.15, 0.2) is 60.8 Å². The molecular weight excluding hydrogens is 655 g/mol. The summed E-state index contributed by atoms with van der Waals surface area (Å²) >= 11 is 0. The van der Waals surface area contributed by atoms with Crippen LogP contribution < -0.4 is 0 Å². The number of aliphatic hydroxyl groups is 1. The van der Waals surface area contributed by atoms with Gasteiger partial charge >= 0.3 is 19.8 Å². The van der Waals surface area contributed by atoms with Crippen LogP contribution in [0, 0.1) is 5.92 Å². The zero-order valence-electron chi connectivity index (χ0n) is 31.3. The molecule has 0 aliphatic carbocycles. The summed E-state index contributed by atoms with van der Waals surface area (Å²) in [6.07, 6.45) is 37.2. The molecule has 1 unspecified atom stereocenters. The van der Waals surface area contributed by atoms with Crippen molar-refractivity contribution in [3.63, 3.8) is 0 Å². The van der Waals surface area contributed by atoms with Gasteiger partial charge in [-0.25, -0.2) is 4.57 Å². The van der Waals surface area contributed by atoms with Crippen LogP contribution in [0.1, 0.15) is 149 Å². The molecule has 0 aromatic heterocycles. The maximum atomic E-state index is 12.4. The van der Waals surface area contributed by atoms with Gasteiger partial charge in [-0.3, -0.25) is 14.1 Å². The fourth-order valence-corrected chi connectivity index (χ4v) is 5.33. The Morgan fingerprint density at radius 1 is 0.680 bits per heavy atom. The Morgan fingerprint density at radius 2 is 1.24 bits per heavy atom. The second-order valence-corrected chi connectivity index (χ2v) is 14.4. The van der Waals surface area contributed by atoms with Crippen molar-refractivity contribution >= 4 is 19.8 Å². The van der Waals surface area contributed by atoms with E-state index in [1.165, 1.54) is 51.4 Å². The minimum atomic E-state index is -4.77. The zero-order chi connectivity index (χ0) is 37.1. The number of unbranched alkanes of at least 4 members (excludes halogenated alkanes) is 11. The maximum absolute atomic E-state index is 12.4. The van der Waals surface area contributed by atoms with Crippen LogP contribution in [0.3, 0.4) is 0 Å². The minimum Gasteiger partial charge on any atom is -0.462 e. The summed E-state index contributed by atoms with van der Waals surface area (Å²) in [7, 11) is -4.77. The van der Waals surface area contributed by atoms with Crippen molar-refractivity contribution in [2.24, 2.45) is 5.92 Å². The van der Waals surface area contributed by atoms with E-state index in [1.54, 1.807) is 0 Å². The molecule has 0 heterocycles. The van der Waals surface area contributed by atoms with Gasteiger partial charge in [-0.05, 0) is 50.9 Å². The smallest absolute Gasteiger partial charge is 0.462 e. The third-order valence-corrected chi connectivity index (χ3v) is 8.29. The normalized spacial score (nSPS) is 13.9. The van der Waals surface area contributed by atoms with Gasteiger partial charge in [-0.15, -0.1) is 0 Å². The van der Waals surface area contributed by atoms with Crippen LogP contribution in [-0.2, 0) is 28.2 Å². The van der Waals surface area contributed by atoms with Gasteiger partial charge in [0.15, 0.2) is 6.10 Å². The number of ether oxygens (including phenoxy) is 2. The highest BCUT2D eigenvalue weighted by Gasteiger charge is 2.22. The second kappa shape index (κ2) is 33.8. The van der Waals surface area contributed by atoms with Gasteiger partial charge in [0.05, 0.1) is 12.7 Å². The number of carbonyl (C=O) groups excluding carboxylic acids is 2. The fourth-order valence-electron chi connectivity index (χ4n) is 4.97. The number of phosphoric acid groups is 1. The fraction of sp³-hybridized carbons (Fsp3) is 0.700. The predicted molar refractivity (Wildman–Crippen MR) is 203 cm³/mol. The first kappa shape index (κ1) is 47.7. The van der Waals surface area contributed by atoms with E-state index in [9.17, 15) is 19.3 Å². The van der Waals surface area contributed by atoms with Gasteiger partial charge in [0.1, 0.15) is 6.61 Å². The lowest BCUT2D eigenvalue weighted by atomic mass is 10.0. The van der Waals surface area contributed by atoms with Crippen molar-refractivity contribution in [2.75, 3.05) is 13.2 Å². The largest absolute Gasteiger partial charge is 0.469 e. The van der Waals surface area contributed by atoms with Gasteiger partial charge in [0.25, 0.3) is 0 Å². The van der Waals surface area contributed by atoms with Crippen molar-refractivity contribution in [1.82, 2.24) is 0 Å². The van der Waals surface area contributed by atoms with E-state index in [-0.39, 0.29) is 19.4 Å². The molecule has 0 rings (SSSR count). The summed E-state index contributed by atoms with van der Waals surface area (Å²) in [5, 5.41) is 9.73. The van der Waals surface area contributed by atoms with Gasteiger partial charge < -0.3 is 24.4 Å². The van der Waals surface area contributed by atoms with Gasteiger partial charge in [-0.1, -0.05) is 152 Å². The van der Waals surface area contributed by atoms with Crippen LogP contribution in [-0.4, -0.2) is 52.3 Å². The molecule has 3 N–H and O–H groups in total. The third kappa shape index (κ3) is 37.0. The summed E-state index contributed by atoms with van der Waals surface area (Å²) < 4.78 is 26.2. The summed E-state index contributed by atoms with van der Waals surface area (Å²) in [5.41, 5.74) is 0. The molecule has 0 saturated heterocycles. The number of esters is 2. The van der Waals surface area contributed by atoms with Crippen molar-refractivity contribution in [3.05, 3.63) is 60.8 Å². The Labute approximate surface area is 303 Å². The van der Waals surface area contributed by atoms with E-state index in [0.29, 0.717) is 25.7 Å². The number of phosphoric ester groups is 1. The molecule has 0 amide bonds. The van der Waals surface area contributed by atoms with Crippen molar-refractivity contribution in [2.45, 2.75) is 161 Å². The van der Waals surface area contributed by atoms with E-state index in [2.05, 4.69) is 30.5 Å². The average molecular weight is 725 g/mol. The Morgan fingerprint density at radius 3 is 1.86 bits per heavy atom. The Hall–Kier alpha value is -2.29. The molecule has 0 aliphatic rings. The lowest BCUT2D eigenvalue weighted by Gasteiger charge is -2.18. The molecular formula is C40H69O9P. The molecule has 9 nitrogen and oxygen atoms in total. The number of aliphatic hydroxyl groups excluding tert-OH is 1. The number of rotatable bonds is 33. The standard InChI is InChI=1S/C40H69O9P/c1-4-5-30-37(41)31-26-22-18-14-10-6-7-11-15-19-23-27-32-39(42)47-34-38(35-48-50(44,45)46)49-40(43)33-28-24-20-16-12-8-9-13-17-21-25-29-36(2)3/h5-7,14-15,18-19,22,26,30,36-38,41H,4,8-13,16-17,20-21,23-25,27-29,31-35H2,1-3H3,(H2,44,45,46)/b7-6-,18-14-,19-15-,26-22+,30-5-/t37?,38-/m1/s1. The molecule has 0 fully saturated rings. The predicted octanol–water partition coefficient (Wildman–Crippen LogP) is 10.2. The van der Waals surface area contributed by atoms with E-state index in [4.69, 9.17) is 19.3 Å². The monoisotopic (exact) mass is 724 g/mol. The number of hydrogen-bond acceptors (Lipinski definition) is 7. The van der Waals surface area contributed by atoms with Gasteiger partial charge in [-0.2, -0.15) is 0 Å². The molecule has 0 bridgehead atoms. The summed E-state index contributed by atoms with van der Waals surface area (Å²) in [4.78, 5) is 42.7. The molecule has 0 aromatic carbocycles. The Kier molecular flexibility index (Phi) is 32.3. The molecule has 0 radical (unpaired) electrons. The van der Waals surface area contributed by atoms with Crippen LogP contribution >= 0.6 is 7.82 Å². The molecule has 50 heavy (non-hydrogen) atoms. The van der Waals surface area contributed by atoms with E-state index >= 15 is 0 Å². The molecule has 0 aromatic rings. The molecule has 10 heteroatoms. The molecule has 288 valence electrons. The number of allylic oxidation sites excluding steroid dienone is 8. The summed E-state index contributed by atoms with van der Waals surface area (Å²) in [6.45, 7) is 5.70. The first-order valence-corrected chi connectivity index (χ1v) is 20.6. The Bertz CT molecular complexity index is 1030. The molecule has 2 atom stereocenters. The second-order valence-electron chi connectivity index (χ2n) is 13.2. The summed E-state index contributed by atoms with van der Waals surface area (Å²) in [5.74, 6) is -0.181. The SMILES string of the molecule is CC/C=C\C(O)C/C=C/C=C\C/C=C\C/C=C\CCCC(=O)OC[C@H](COP(=O)(O)O)OC(=O)CCCCCCCCCCCCCC(C)C. The maximum Gasteiger partial charge on any atom is 0.469 e. The number of hydrogen-bond donors (Lipinski definition) is 3. The first-order chi connectivity index (χ1) is 24.0. The van der Waals surface area contributed by atoms with Gasteiger partial charge in [0, 0.05) is 12.8 Å².